The molecule has 0 radical (unpaired) electrons. The van der Waals surface area contributed by atoms with Gasteiger partial charge in [-0.15, -0.1) is 0 Å². The molecule has 1 aliphatic heterocycles. The minimum atomic E-state index is -3.00. The first kappa shape index (κ1) is 15.9. The van der Waals surface area contributed by atoms with E-state index in [1.165, 1.54) is 25.5 Å². The zero-order valence-corrected chi connectivity index (χ0v) is 12.4. The molecule has 0 amide bonds. The fourth-order valence-corrected chi connectivity index (χ4v) is 3.17. The molecule has 1 aliphatic rings. The normalized spacial score (nSPS) is 21.7. The maximum Gasteiger partial charge on any atom is 0.151 e. The lowest BCUT2D eigenvalue weighted by atomic mass is 9.93. The van der Waals surface area contributed by atoms with Gasteiger partial charge in [0.25, 0.3) is 0 Å². The monoisotopic (exact) mass is 277 g/mol. The SMILES string of the molecule is CC(C(N)CCCCC1CCOCC1)S(C)(=O)=O. The van der Waals surface area contributed by atoms with Crippen LogP contribution in [-0.4, -0.2) is 39.2 Å². The van der Waals surface area contributed by atoms with Gasteiger partial charge in [-0.05, 0) is 32.1 Å². The van der Waals surface area contributed by atoms with Gasteiger partial charge in [0.15, 0.2) is 9.84 Å². The van der Waals surface area contributed by atoms with Crippen molar-refractivity contribution in [2.75, 3.05) is 19.5 Å². The van der Waals surface area contributed by atoms with Crippen LogP contribution in [0.3, 0.4) is 0 Å². The number of ether oxygens (including phenoxy) is 1. The van der Waals surface area contributed by atoms with Gasteiger partial charge in [0, 0.05) is 25.5 Å². The van der Waals surface area contributed by atoms with Crippen LogP contribution < -0.4 is 5.73 Å². The lowest BCUT2D eigenvalue weighted by Gasteiger charge is -2.22. The van der Waals surface area contributed by atoms with Crippen molar-refractivity contribution in [3.8, 4) is 0 Å². The van der Waals surface area contributed by atoms with Crippen LogP contribution in [0.2, 0.25) is 0 Å². The average molecular weight is 277 g/mol. The zero-order valence-electron chi connectivity index (χ0n) is 11.6. The third kappa shape index (κ3) is 5.67. The first-order valence-corrected chi connectivity index (χ1v) is 8.89. The second kappa shape index (κ2) is 7.46. The molecule has 0 spiro atoms. The van der Waals surface area contributed by atoms with Crippen molar-refractivity contribution in [1.29, 1.82) is 0 Å². The predicted octanol–water partition coefficient (Wildman–Crippen LogP) is 1.73. The lowest BCUT2D eigenvalue weighted by molar-refractivity contribution is 0.0631. The van der Waals surface area contributed by atoms with E-state index in [0.717, 1.165) is 38.4 Å². The molecule has 5 heteroatoms. The third-order valence-corrected chi connectivity index (χ3v) is 5.72. The molecule has 1 saturated heterocycles. The van der Waals surface area contributed by atoms with Gasteiger partial charge in [-0.1, -0.05) is 19.3 Å². The Hall–Kier alpha value is -0.130. The van der Waals surface area contributed by atoms with Gasteiger partial charge < -0.3 is 10.5 Å². The van der Waals surface area contributed by atoms with Gasteiger partial charge in [-0.25, -0.2) is 8.42 Å². The van der Waals surface area contributed by atoms with E-state index >= 15 is 0 Å². The van der Waals surface area contributed by atoms with Crippen molar-refractivity contribution in [2.45, 2.75) is 56.7 Å². The highest BCUT2D eigenvalue weighted by atomic mass is 32.2. The van der Waals surface area contributed by atoms with Crippen LogP contribution in [0.25, 0.3) is 0 Å². The number of hydrogen-bond acceptors (Lipinski definition) is 4. The topological polar surface area (TPSA) is 69.4 Å². The summed E-state index contributed by atoms with van der Waals surface area (Å²) in [7, 11) is -3.00. The van der Waals surface area contributed by atoms with Gasteiger partial charge in [0.1, 0.15) is 0 Å². The van der Waals surface area contributed by atoms with Crippen molar-refractivity contribution >= 4 is 9.84 Å². The van der Waals surface area contributed by atoms with Crippen LogP contribution >= 0.6 is 0 Å². The van der Waals surface area contributed by atoms with Crippen molar-refractivity contribution in [2.24, 2.45) is 11.7 Å². The molecule has 1 heterocycles. The van der Waals surface area contributed by atoms with E-state index in [1.54, 1.807) is 6.92 Å². The van der Waals surface area contributed by atoms with Crippen molar-refractivity contribution in [3.05, 3.63) is 0 Å². The summed E-state index contributed by atoms with van der Waals surface area (Å²) in [5.41, 5.74) is 5.92. The summed E-state index contributed by atoms with van der Waals surface area (Å²) in [6.07, 6.45) is 7.81. The maximum atomic E-state index is 11.4. The van der Waals surface area contributed by atoms with Gasteiger partial charge in [-0.2, -0.15) is 0 Å². The van der Waals surface area contributed by atoms with Crippen molar-refractivity contribution in [3.63, 3.8) is 0 Å². The Morgan fingerprint density at radius 1 is 1.28 bits per heavy atom. The predicted molar refractivity (Wildman–Crippen MR) is 74.3 cm³/mol. The Morgan fingerprint density at radius 3 is 2.44 bits per heavy atom. The van der Waals surface area contributed by atoms with Gasteiger partial charge in [0.05, 0.1) is 5.25 Å². The second-order valence-electron chi connectivity index (χ2n) is 5.54. The van der Waals surface area contributed by atoms with E-state index in [-0.39, 0.29) is 6.04 Å². The molecule has 0 aromatic rings. The molecule has 0 bridgehead atoms. The number of nitrogens with two attached hydrogens (primary N) is 1. The first-order valence-electron chi connectivity index (χ1n) is 6.93. The largest absolute Gasteiger partial charge is 0.381 e. The Kier molecular flexibility index (Phi) is 6.60. The van der Waals surface area contributed by atoms with E-state index in [9.17, 15) is 8.42 Å². The van der Waals surface area contributed by atoms with E-state index in [2.05, 4.69) is 0 Å². The fourth-order valence-electron chi connectivity index (χ4n) is 2.40. The standard InChI is InChI=1S/C13H27NO3S/c1-11(18(2,15)16)13(14)6-4-3-5-12-7-9-17-10-8-12/h11-13H,3-10,14H2,1-2H3. The number of unbranched alkanes of at least 4 members (excludes halogenated alkanes) is 1. The molecule has 2 unspecified atom stereocenters. The number of rotatable bonds is 7. The third-order valence-electron chi connectivity index (χ3n) is 4.02. The lowest BCUT2D eigenvalue weighted by Crippen LogP contribution is -2.37. The summed E-state index contributed by atoms with van der Waals surface area (Å²) in [5.74, 6) is 0.794. The molecule has 2 N–H and O–H groups in total. The van der Waals surface area contributed by atoms with Crippen LogP contribution in [0.4, 0.5) is 0 Å². The Bertz CT molecular complexity index is 323. The summed E-state index contributed by atoms with van der Waals surface area (Å²) < 4.78 is 28.0. The average Bonchev–Trinajstić information content (AvgIpc) is 2.33. The molecule has 1 rings (SSSR count). The van der Waals surface area contributed by atoms with E-state index in [1.807, 2.05) is 0 Å². The highest BCUT2D eigenvalue weighted by Crippen LogP contribution is 2.21. The first-order chi connectivity index (χ1) is 8.41. The Morgan fingerprint density at radius 2 is 1.89 bits per heavy atom. The molecule has 4 nitrogen and oxygen atoms in total. The molecule has 0 aliphatic carbocycles. The summed E-state index contributed by atoms with van der Waals surface area (Å²) in [6.45, 7) is 3.50. The van der Waals surface area contributed by atoms with E-state index in [0.29, 0.717) is 0 Å². The van der Waals surface area contributed by atoms with Crippen LogP contribution in [-0.2, 0) is 14.6 Å². The van der Waals surface area contributed by atoms with Gasteiger partial charge >= 0.3 is 0 Å². The highest BCUT2D eigenvalue weighted by Gasteiger charge is 2.22. The molecule has 2 atom stereocenters. The molecule has 108 valence electrons. The molecular weight excluding hydrogens is 250 g/mol. The minimum Gasteiger partial charge on any atom is -0.381 e. The quantitative estimate of drug-likeness (QED) is 0.720. The molecule has 0 aromatic carbocycles. The fraction of sp³-hybridized carbons (Fsp3) is 1.00. The summed E-state index contributed by atoms with van der Waals surface area (Å²) in [6, 6.07) is -0.227. The molecule has 0 aromatic heterocycles. The minimum absolute atomic E-state index is 0.227. The maximum absolute atomic E-state index is 11.4. The molecule has 0 saturated carbocycles. The second-order valence-corrected chi connectivity index (χ2v) is 7.94. The Balaban J connectivity index is 2.13. The Labute approximate surface area is 111 Å². The number of hydrogen-bond donors (Lipinski definition) is 1. The summed E-state index contributed by atoms with van der Waals surface area (Å²) in [4.78, 5) is 0. The van der Waals surface area contributed by atoms with Gasteiger partial charge in [0.2, 0.25) is 0 Å². The summed E-state index contributed by atoms with van der Waals surface area (Å²) in [5, 5.41) is -0.430. The van der Waals surface area contributed by atoms with E-state index < -0.39 is 15.1 Å². The van der Waals surface area contributed by atoms with Crippen molar-refractivity contribution < 1.29 is 13.2 Å². The van der Waals surface area contributed by atoms with Gasteiger partial charge in [-0.3, -0.25) is 0 Å². The molecular formula is C13H27NO3S. The smallest absolute Gasteiger partial charge is 0.151 e. The summed E-state index contributed by atoms with van der Waals surface area (Å²) >= 11 is 0. The van der Waals surface area contributed by atoms with Crippen LogP contribution in [0, 0.1) is 5.92 Å². The van der Waals surface area contributed by atoms with Crippen molar-refractivity contribution in [1.82, 2.24) is 0 Å². The zero-order chi connectivity index (χ0) is 13.6. The molecule has 1 fully saturated rings. The highest BCUT2D eigenvalue weighted by molar-refractivity contribution is 7.91. The number of sulfone groups is 1. The van der Waals surface area contributed by atoms with E-state index in [4.69, 9.17) is 10.5 Å². The van der Waals surface area contributed by atoms with Crippen LogP contribution in [0.5, 0.6) is 0 Å². The molecule has 18 heavy (non-hydrogen) atoms. The van der Waals surface area contributed by atoms with Crippen LogP contribution in [0.1, 0.15) is 45.4 Å². The van der Waals surface area contributed by atoms with Crippen LogP contribution in [0.15, 0.2) is 0 Å².